The first-order chi connectivity index (χ1) is 12.4. The molecule has 0 saturated heterocycles. The van der Waals surface area contributed by atoms with Crippen LogP contribution in [0.1, 0.15) is 18.4 Å². The molecule has 26 heavy (non-hydrogen) atoms. The van der Waals surface area contributed by atoms with Crippen LogP contribution < -0.4 is 0 Å². The zero-order valence-electron chi connectivity index (χ0n) is 13.9. The van der Waals surface area contributed by atoms with Crippen molar-refractivity contribution >= 4 is 27.4 Å². The van der Waals surface area contributed by atoms with Gasteiger partial charge in [0.05, 0.1) is 17.6 Å². The molecule has 0 amide bonds. The Morgan fingerprint density at radius 2 is 1.81 bits per heavy atom. The molecule has 0 spiro atoms. The number of nitriles is 1. The smallest absolute Gasteiger partial charge is 0.328 e. The van der Waals surface area contributed by atoms with E-state index < -0.39 is 32.4 Å². The molecule has 1 aliphatic carbocycles. The van der Waals surface area contributed by atoms with Crippen LogP contribution in [-0.4, -0.2) is 26.2 Å². The van der Waals surface area contributed by atoms with Gasteiger partial charge in [-0.3, -0.25) is 4.79 Å². The summed E-state index contributed by atoms with van der Waals surface area (Å²) in [7, 11) is -3.94. The van der Waals surface area contributed by atoms with Crippen molar-refractivity contribution < 1.29 is 17.9 Å². The quantitative estimate of drug-likeness (QED) is 0.732. The summed E-state index contributed by atoms with van der Waals surface area (Å²) >= 11 is 5.84. The van der Waals surface area contributed by atoms with E-state index in [2.05, 4.69) is 0 Å². The van der Waals surface area contributed by atoms with Gasteiger partial charge >= 0.3 is 5.97 Å². The molecule has 0 radical (unpaired) electrons. The number of sulfone groups is 1. The highest BCUT2D eigenvalue weighted by molar-refractivity contribution is 7.92. The van der Waals surface area contributed by atoms with E-state index in [1.807, 2.05) is 6.07 Å². The number of esters is 1. The Bertz CT molecular complexity index is 967. The third-order valence-corrected chi connectivity index (χ3v) is 7.06. The maximum Gasteiger partial charge on any atom is 0.328 e. The van der Waals surface area contributed by atoms with Gasteiger partial charge in [-0.1, -0.05) is 41.9 Å². The molecule has 3 atom stereocenters. The van der Waals surface area contributed by atoms with Gasteiger partial charge in [0.1, 0.15) is 5.25 Å². The van der Waals surface area contributed by atoms with Crippen molar-refractivity contribution in [2.45, 2.75) is 23.0 Å². The van der Waals surface area contributed by atoms with E-state index in [4.69, 9.17) is 16.3 Å². The molecular weight excluding hydrogens is 374 g/mol. The van der Waals surface area contributed by atoms with Crippen LogP contribution in [0.25, 0.3) is 0 Å². The van der Waals surface area contributed by atoms with Crippen LogP contribution in [0.4, 0.5) is 0 Å². The maximum atomic E-state index is 13.2. The first-order valence-corrected chi connectivity index (χ1v) is 9.95. The van der Waals surface area contributed by atoms with E-state index in [0.717, 1.165) is 0 Å². The van der Waals surface area contributed by atoms with Gasteiger partial charge < -0.3 is 4.74 Å². The van der Waals surface area contributed by atoms with Crippen LogP contribution in [0, 0.1) is 16.7 Å². The Morgan fingerprint density at radius 3 is 2.35 bits per heavy atom. The van der Waals surface area contributed by atoms with Gasteiger partial charge in [0.25, 0.3) is 0 Å². The Labute approximate surface area is 157 Å². The number of halogens is 1. The predicted molar refractivity (Wildman–Crippen MR) is 96.3 cm³/mol. The fraction of sp³-hybridized carbons (Fsp3) is 0.263. The van der Waals surface area contributed by atoms with Crippen molar-refractivity contribution in [1.29, 1.82) is 5.26 Å². The van der Waals surface area contributed by atoms with Gasteiger partial charge in [-0.05, 0) is 36.8 Å². The van der Waals surface area contributed by atoms with Crippen LogP contribution in [0.15, 0.2) is 59.5 Å². The SMILES string of the molecule is CCOC(=O)[C@@]1(C#N)[C@@H](c2ccccc2)[C@@H]1S(=O)(=O)c1ccc(Cl)cc1. The standard InChI is InChI=1S/C19H16ClNO4S/c1-2-25-18(22)19(12-21)16(13-6-4-3-5-7-13)17(19)26(23,24)15-10-8-14(20)9-11-15/h3-11,16-17H,2H2,1H3/t16-,17-,19-/m0/s1. The molecule has 0 heterocycles. The summed E-state index contributed by atoms with van der Waals surface area (Å²) in [6, 6.07) is 16.3. The molecule has 0 N–H and O–H groups in total. The van der Waals surface area contributed by atoms with Gasteiger partial charge in [0.2, 0.25) is 0 Å². The van der Waals surface area contributed by atoms with Crippen LogP contribution in [-0.2, 0) is 19.4 Å². The van der Waals surface area contributed by atoms with Crippen LogP contribution in [0.3, 0.4) is 0 Å². The average molecular weight is 390 g/mol. The molecule has 0 bridgehead atoms. The van der Waals surface area contributed by atoms with Crippen molar-refractivity contribution in [1.82, 2.24) is 0 Å². The molecule has 5 nitrogen and oxygen atoms in total. The molecule has 0 aromatic heterocycles. The second-order valence-electron chi connectivity index (χ2n) is 6.01. The summed E-state index contributed by atoms with van der Waals surface area (Å²) in [5, 5.41) is 8.97. The van der Waals surface area contributed by atoms with Crippen molar-refractivity contribution in [2.75, 3.05) is 6.61 Å². The second kappa shape index (κ2) is 6.75. The maximum absolute atomic E-state index is 13.2. The molecule has 0 unspecified atom stereocenters. The Hall–Kier alpha value is -2.36. The van der Waals surface area contributed by atoms with Crippen LogP contribution in [0.5, 0.6) is 0 Å². The summed E-state index contributed by atoms with van der Waals surface area (Å²) in [4.78, 5) is 12.6. The fourth-order valence-electron chi connectivity index (χ4n) is 3.32. The van der Waals surface area contributed by atoms with E-state index in [1.165, 1.54) is 24.3 Å². The van der Waals surface area contributed by atoms with Crippen molar-refractivity contribution in [3.63, 3.8) is 0 Å². The van der Waals surface area contributed by atoms with E-state index >= 15 is 0 Å². The predicted octanol–water partition coefficient (Wildman–Crippen LogP) is 3.35. The summed E-state index contributed by atoms with van der Waals surface area (Å²) < 4.78 is 31.4. The highest BCUT2D eigenvalue weighted by Crippen LogP contribution is 2.64. The Kier molecular flexibility index (Phi) is 4.78. The summed E-state index contributed by atoms with van der Waals surface area (Å²) in [5.74, 6) is -1.59. The zero-order chi connectivity index (χ0) is 18.9. The molecule has 1 saturated carbocycles. The third kappa shape index (κ3) is 2.77. The normalized spacial score (nSPS) is 24.5. The lowest BCUT2D eigenvalue weighted by molar-refractivity contribution is -0.147. The molecule has 0 aliphatic heterocycles. The minimum atomic E-state index is -3.94. The molecule has 1 fully saturated rings. The van der Waals surface area contributed by atoms with Gasteiger partial charge in [-0.25, -0.2) is 8.42 Å². The molecule has 7 heteroatoms. The number of benzene rings is 2. The highest BCUT2D eigenvalue weighted by Gasteiger charge is 2.77. The van der Waals surface area contributed by atoms with Gasteiger partial charge in [0, 0.05) is 10.9 Å². The Balaban J connectivity index is 2.12. The summed E-state index contributed by atoms with van der Waals surface area (Å²) in [6.07, 6.45) is 0. The highest BCUT2D eigenvalue weighted by atomic mass is 35.5. The largest absolute Gasteiger partial charge is 0.465 e. The van der Waals surface area contributed by atoms with Crippen molar-refractivity contribution in [3.05, 3.63) is 65.2 Å². The minimum Gasteiger partial charge on any atom is -0.465 e. The fourth-order valence-corrected chi connectivity index (χ4v) is 5.69. The molecule has 3 rings (SSSR count). The number of ether oxygens (including phenoxy) is 1. The average Bonchev–Trinajstić information content (AvgIpc) is 3.35. The first kappa shape index (κ1) is 18.4. The lowest BCUT2D eigenvalue weighted by atomic mass is 10.0. The zero-order valence-corrected chi connectivity index (χ0v) is 15.5. The van der Waals surface area contributed by atoms with E-state index in [9.17, 15) is 18.5 Å². The van der Waals surface area contributed by atoms with E-state index in [1.54, 1.807) is 37.3 Å². The lowest BCUT2D eigenvalue weighted by Gasteiger charge is -2.09. The minimum absolute atomic E-state index is 0.0225. The molecule has 2 aromatic carbocycles. The number of nitrogens with zero attached hydrogens (tertiary/aromatic N) is 1. The lowest BCUT2D eigenvalue weighted by Crippen LogP contribution is -2.25. The van der Waals surface area contributed by atoms with E-state index in [0.29, 0.717) is 10.6 Å². The topological polar surface area (TPSA) is 84.2 Å². The van der Waals surface area contributed by atoms with Crippen LogP contribution in [0.2, 0.25) is 5.02 Å². The van der Waals surface area contributed by atoms with Crippen molar-refractivity contribution in [2.24, 2.45) is 5.41 Å². The Morgan fingerprint density at radius 1 is 1.19 bits per heavy atom. The monoisotopic (exact) mass is 389 g/mol. The number of carbonyl (C=O) groups excluding carboxylic acids is 1. The van der Waals surface area contributed by atoms with E-state index in [-0.39, 0.29) is 11.5 Å². The second-order valence-corrected chi connectivity index (χ2v) is 8.51. The molecule has 1 aliphatic rings. The van der Waals surface area contributed by atoms with Gasteiger partial charge in [0.15, 0.2) is 15.3 Å². The van der Waals surface area contributed by atoms with Gasteiger partial charge in [-0.2, -0.15) is 5.26 Å². The third-order valence-electron chi connectivity index (χ3n) is 4.57. The number of carbonyl (C=O) groups is 1. The van der Waals surface area contributed by atoms with Crippen LogP contribution >= 0.6 is 11.6 Å². The molecular formula is C19H16ClNO4S. The summed E-state index contributed by atoms with van der Waals surface area (Å²) in [5.41, 5.74) is -1.14. The first-order valence-electron chi connectivity index (χ1n) is 8.02. The number of rotatable bonds is 5. The van der Waals surface area contributed by atoms with Crippen molar-refractivity contribution in [3.8, 4) is 6.07 Å². The van der Waals surface area contributed by atoms with Gasteiger partial charge in [-0.15, -0.1) is 0 Å². The summed E-state index contributed by atoms with van der Waals surface area (Å²) in [6.45, 7) is 1.68. The number of hydrogen-bond acceptors (Lipinski definition) is 5. The number of hydrogen-bond donors (Lipinski definition) is 0. The molecule has 2 aromatic rings. The molecule has 134 valence electrons.